The van der Waals surface area contributed by atoms with Crippen molar-refractivity contribution in [2.75, 3.05) is 6.61 Å². The maximum Gasteiger partial charge on any atom is 0.306 e. The molecular weight excluding hydrogens is 672 g/mol. The number of nitrogens with two attached hydrogens (primary N) is 1. The summed E-state index contributed by atoms with van der Waals surface area (Å²) in [4.78, 5) is 51.9. The molecule has 0 unspecified atom stereocenters. The Labute approximate surface area is 293 Å². The first-order valence-corrected chi connectivity index (χ1v) is 18.9. The summed E-state index contributed by atoms with van der Waals surface area (Å²) in [6.07, 6.45) is 0.521. The van der Waals surface area contributed by atoms with Gasteiger partial charge < -0.3 is 23.7 Å². The number of ether oxygens (including phenoxy) is 5. The monoisotopic (exact) mass is 722 g/mol. The Kier molecular flexibility index (Phi) is 16.3. The topological polar surface area (TPSA) is 205 Å². The van der Waals surface area contributed by atoms with Crippen LogP contribution in [0.1, 0.15) is 111 Å². The predicted molar refractivity (Wildman–Crippen MR) is 179 cm³/mol. The van der Waals surface area contributed by atoms with E-state index in [9.17, 15) is 27.6 Å². The number of carbonyl (C=O) groups is 4. The Hall–Kier alpha value is -3.89. The molecule has 278 valence electrons. The number of unbranched alkanes of at least 4 members (excludes halogenated alkanes) is 4. The molecule has 2 aromatic rings. The SMILES string of the molecule is CCCCC(=O)OC[C@H]1O[C@@H](n2cc(-c3ccc(S(N)(=O)=O)cc3)nn2)[C@H](OC(=O)CCCC)[C@@H](OC(=O)CCCC)[C@@H]1OC(=O)CCCC. The van der Waals surface area contributed by atoms with Crippen molar-refractivity contribution in [1.82, 2.24) is 15.0 Å². The Morgan fingerprint density at radius 2 is 1.22 bits per heavy atom. The van der Waals surface area contributed by atoms with Crippen molar-refractivity contribution in [3.8, 4) is 11.3 Å². The van der Waals surface area contributed by atoms with Crippen LogP contribution in [0.3, 0.4) is 0 Å². The van der Waals surface area contributed by atoms with E-state index >= 15 is 0 Å². The molecule has 2 heterocycles. The number of benzene rings is 1. The average Bonchev–Trinajstić information content (AvgIpc) is 3.58. The van der Waals surface area contributed by atoms with Crippen LogP contribution < -0.4 is 5.14 Å². The first-order chi connectivity index (χ1) is 23.9. The molecule has 3 rings (SSSR count). The van der Waals surface area contributed by atoms with Crippen molar-refractivity contribution in [2.24, 2.45) is 5.14 Å². The Balaban J connectivity index is 2.10. The molecule has 0 saturated carbocycles. The quantitative estimate of drug-likeness (QED) is 0.148. The fourth-order valence-corrected chi connectivity index (χ4v) is 5.67. The molecule has 0 aliphatic carbocycles. The second kappa shape index (κ2) is 20.1. The number of esters is 4. The van der Waals surface area contributed by atoms with Gasteiger partial charge in [-0.05, 0) is 37.8 Å². The minimum Gasteiger partial charge on any atom is -0.463 e. The van der Waals surface area contributed by atoms with Crippen LogP contribution in [0.15, 0.2) is 35.4 Å². The molecule has 1 aromatic heterocycles. The highest BCUT2D eigenvalue weighted by atomic mass is 32.2. The summed E-state index contributed by atoms with van der Waals surface area (Å²) in [5.74, 6) is -2.27. The predicted octanol–water partition coefficient (Wildman–Crippen LogP) is 4.53. The number of aromatic nitrogens is 3. The molecule has 1 aromatic carbocycles. The molecule has 0 radical (unpaired) electrons. The van der Waals surface area contributed by atoms with Gasteiger partial charge in [0.15, 0.2) is 24.5 Å². The maximum absolute atomic E-state index is 13.2. The number of hydrogen-bond acceptors (Lipinski definition) is 13. The summed E-state index contributed by atoms with van der Waals surface area (Å²) < 4.78 is 54.6. The van der Waals surface area contributed by atoms with Gasteiger partial charge in [0, 0.05) is 31.2 Å². The molecule has 16 heteroatoms. The highest BCUT2D eigenvalue weighted by Crippen LogP contribution is 2.36. The lowest BCUT2D eigenvalue weighted by Crippen LogP contribution is -2.61. The molecule has 0 bridgehead atoms. The summed E-state index contributed by atoms with van der Waals surface area (Å²) >= 11 is 0. The number of primary sulfonamides is 1. The normalized spacial score (nSPS) is 20.5. The van der Waals surface area contributed by atoms with Crippen LogP contribution in [-0.2, 0) is 52.9 Å². The van der Waals surface area contributed by atoms with Gasteiger partial charge in [-0.3, -0.25) is 19.2 Å². The maximum atomic E-state index is 13.2. The second-order valence-corrected chi connectivity index (χ2v) is 13.7. The van der Waals surface area contributed by atoms with Crippen LogP contribution in [0.4, 0.5) is 0 Å². The summed E-state index contributed by atoms with van der Waals surface area (Å²) in [6.45, 7) is 7.34. The average molecular weight is 723 g/mol. The van der Waals surface area contributed by atoms with E-state index in [4.69, 9.17) is 28.8 Å². The number of hydrogen-bond donors (Lipinski definition) is 1. The lowest BCUT2D eigenvalue weighted by Gasteiger charge is -2.44. The summed E-state index contributed by atoms with van der Waals surface area (Å²) in [7, 11) is -3.93. The van der Waals surface area contributed by atoms with Crippen molar-refractivity contribution in [3.05, 3.63) is 30.5 Å². The molecular formula is C34H50N4O11S. The van der Waals surface area contributed by atoms with Gasteiger partial charge >= 0.3 is 23.9 Å². The molecule has 1 aliphatic rings. The van der Waals surface area contributed by atoms with Crippen molar-refractivity contribution < 1.29 is 51.3 Å². The first kappa shape index (κ1) is 40.5. The zero-order valence-electron chi connectivity index (χ0n) is 29.3. The molecule has 0 spiro atoms. The fraction of sp³-hybridized carbons (Fsp3) is 0.647. The highest BCUT2D eigenvalue weighted by Gasteiger charge is 2.53. The van der Waals surface area contributed by atoms with Gasteiger partial charge in [-0.15, -0.1) is 5.10 Å². The van der Waals surface area contributed by atoms with Crippen LogP contribution in [-0.4, -0.2) is 78.3 Å². The molecule has 1 fully saturated rings. The third-order valence-corrected chi connectivity index (χ3v) is 8.94. The van der Waals surface area contributed by atoms with Gasteiger partial charge in [-0.1, -0.05) is 70.7 Å². The first-order valence-electron chi connectivity index (χ1n) is 17.4. The van der Waals surface area contributed by atoms with E-state index in [2.05, 4.69) is 10.3 Å². The fourth-order valence-electron chi connectivity index (χ4n) is 5.16. The molecule has 1 saturated heterocycles. The van der Waals surface area contributed by atoms with Gasteiger partial charge in [0.1, 0.15) is 18.4 Å². The summed E-state index contributed by atoms with van der Waals surface area (Å²) in [5, 5.41) is 13.7. The molecule has 0 amide bonds. The summed E-state index contributed by atoms with van der Waals surface area (Å²) in [6, 6.07) is 5.65. The van der Waals surface area contributed by atoms with Crippen LogP contribution in [0.25, 0.3) is 11.3 Å². The van der Waals surface area contributed by atoms with Gasteiger partial charge in [0.05, 0.1) is 11.1 Å². The third-order valence-electron chi connectivity index (χ3n) is 8.01. The van der Waals surface area contributed by atoms with E-state index in [-0.39, 0.29) is 37.2 Å². The van der Waals surface area contributed by atoms with Crippen LogP contribution in [0.5, 0.6) is 0 Å². The summed E-state index contributed by atoms with van der Waals surface area (Å²) in [5.41, 5.74) is 0.792. The number of sulfonamides is 1. The zero-order valence-corrected chi connectivity index (χ0v) is 30.1. The Bertz CT molecular complexity index is 1510. The molecule has 2 N–H and O–H groups in total. The Morgan fingerprint density at radius 1 is 0.740 bits per heavy atom. The lowest BCUT2D eigenvalue weighted by molar-refractivity contribution is -0.272. The van der Waals surface area contributed by atoms with Gasteiger partial charge in [0.2, 0.25) is 10.0 Å². The van der Waals surface area contributed by atoms with E-state index in [0.717, 1.165) is 19.3 Å². The van der Waals surface area contributed by atoms with E-state index in [1.807, 2.05) is 27.7 Å². The zero-order chi connectivity index (χ0) is 36.7. The number of nitrogens with zero attached hydrogens (tertiary/aromatic N) is 3. The number of carbonyl (C=O) groups excluding carboxylic acids is 4. The van der Waals surface area contributed by atoms with Crippen molar-refractivity contribution in [2.45, 2.75) is 140 Å². The van der Waals surface area contributed by atoms with Crippen molar-refractivity contribution in [1.29, 1.82) is 0 Å². The minimum atomic E-state index is -3.93. The van der Waals surface area contributed by atoms with Gasteiger partial charge in [-0.25, -0.2) is 18.2 Å². The second-order valence-electron chi connectivity index (χ2n) is 12.2. The number of rotatable bonds is 20. The molecule has 1 aliphatic heterocycles. The van der Waals surface area contributed by atoms with Crippen LogP contribution in [0.2, 0.25) is 0 Å². The molecule has 50 heavy (non-hydrogen) atoms. The highest BCUT2D eigenvalue weighted by molar-refractivity contribution is 7.89. The van der Waals surface area contributed by atoms with Gasteiger partial charge in [0.25, 0.3) is 0 Å². The van der Waals surface area contributed by atoms with Crippen LogP contribution >= 0.6 is 0 Å². The van der Waals surface area contributed by atoms with Gasteiger partial charge in [-0.2, -0.15) is 0 Å². The van der Waals surface area contributed by atoms with Crippen molar-refractivity contribution in [3.63, 3.8) is 0 Å². The van der Waals surface area contributed by atoms with E-state index in [1.165, 1.54) is 35.1 Å². The molecule has 5 atom stereocenters. The molecule has 15 nitrogen and oxygen atoms in total. The van der Waals surface area contributed by atoms with Crippen LogP contribution in [0, 0.1) is 0 Å². The standard InChI is InChI=1S/C34H50N4O11S/c1-5-9-13-27(39)45-22-26-31(47-28(40)14-10-6-2)32(48-29(41)15-11-7-3)33(49-30(42)16-12-8-4)34(46-26)38-21-25(36-37-38)23-17-19-24(20-18-23)50(35,43)44/h17-21,26,31-34H,5-16,22H2,1-4H3,(H2,35,43,44)/t26-,31-,32+,33-,34-/m1/s1. The van der Waals surface area contributed by atoms with E-state index in [1.54, 1.807) is 0 Å². The smallest absolute Gasteiger partial charge is 0.306 e. The lowest BCUT2D eigenvalue weighted by atomic mass is 9.97. The van der Waals surface area contributed by atoms with E-state index in [0.29, 0.717) is 43.4 Å². The third kappa shape index (κ3) is 12.2. The minimum absolute atomic E-state index is 0.0597. The van der Waals surface area contributed by atoms with E-state index < -0.39 is 64.5 Å². The van der Waals surface area contributed by atoms with Crippen molar-refractivity contribution >= 4 is 33.9 Å². The largest absolute Gasteiger partial charge is 0.463 e. The Morgan fingerprint density at radius 3 is 1.72 bits per heavy atom.